The van der Waals surface area contributed by atoms with Gasteiger partial charge < -0.3 is 5.32 Å². The second-order valence-corrected chi connectivity index (χ2v) is 7.03. The second kappa shape index (κ2) is 5.36. The van der Waals surface area contributed by atoms with Crippen molar-refractivity contribution < 1.29 is 0 Å². The predicted molar refractivity (Wildman–Crippen MR) is 82.1 cm³/mol. The molecule has 4 nitrogen and oxygen atoms in total. The third kappa shape index (κ3) is 2.83. The first-order valence-corrected chi connectivity index (χ1v) is 8.36. The average Bonchev–Trinajstić information content (AvgIpc) is 3.07. The van der Waals surface area contributed by atoms with Crippen LogP contribution in [-0.2, 0) is 0 Å². The fourth-order valence-electron chi connectivity index (χ4n) is 1.62. The topological polar surface area (TPSA) is 50.7 Å². The van der Waals surface area contributed by atoms with Crippen LogP contribution in [0, 0.1) is 6.92 Å². The quantitative estimate of drug-likeness (QED) is 0.784. The zero-order valence-electron chi connectivity index (χ0n) is 10.5. The normalized spacial score (nSPS) is 12.5. The number of hydrogen-bond acceptors (Lipinski definition) is 7. The number of aromatic nitrogens is 3. The number of hydrogen-bond donors (Lipinski definition) is 1. The van der Waals surface area contributed by atoms with Gasteiger partial charge in [-0.05, 0) is 25.3 Å². The van der Waals surface area contributed by atoms with Gasteiger partial charge in [0.25, 0.3) is 0 Å². The number of anilines is 1. The third-order valence-corrected chi connectivity index (χ3v) is 5.26. The molecule has 0 fully saturated rings. The molecule has 3 aromatic heterocycles. The summed E-state index contributed by atoms with van der Waals surface area (Å²) in [6.07, 6.45) is 0. The smallest absolute Gasteiger partial charge is 0.206 e. The first kappa shape index (κ1) is 12.7. The molecular formula is C12H12N4S3. The van der Waals surface area contributed by atoms with E-state index in [0.29, 0.717) is 0 Å². The zero-order valence-corrected chi connectivity index (χ0v) is 12.9. The molecule has 0 amide bonds. The van der Waals surface area contributed by atoms with Crippen LogP contribution in [0.15, 0.2) is 22.9 Å². The van der Waals surface area contributed by atoms with Gasteiger partial charge in [0.1, 0.15) is 0 Å². The molecule has 3 aromatic rings. The van der Waals surface area contributed by atoms with Crippen LogP contribution >= 0.6 is 34.0 Å². The van der Waals surface area contributed by atoms with Gasteiger partial charge in [-0.2, -0.15) is 0 Å². The molecule has 7 heteroatoms. The number of rotatable bonds is 4. The monoisotopic (exact) mass is 308 g/mol. The van der Waals surface area contributed by atoms with Crippen molar-refractivity contribution in [3.8, 4) is 9.88 Å². The molecular weight excluding hydrogens is 296 g/mol. The summed E-state index contributed by atoms with van der Waals surface area (Å²) >= 11 is 4.91. The largest absolute Gasteiger partial charge is 0.352 e. The van der Waals surface area contributed by atoms with Gasteiger partial charge in [0.2, 0.25) is 5.13 Å². The maximum atomic E-state index is 4.48. The maximum Gasteiger partial charge on any atom is 0.206 e. The van der Waals surface area contributed by atoms with Crippen LogP contribution < -0.4 is 5.32 Å². The molecule has 3 heterocycles. The van der Waals surface area contributed by atoms with Crippen LogP contribution in [0.5, 0.6) is 0 Å². The molecule has 1 unspecified atom stereocenters. The Bertz CT molecular complexity index is 656. The van der Waals surface area contributed by atoms with E-state index in [2.05, 4.69) is 38.9 Å². The summed E-state index contributed by atoms with van der Waals surface area (Å²) in [5, 5.41) is 18.7. The highest BCUT2D eigenvalue weighted by atomic mass is 32.1. The van der Waals surface area contributed by atoms with E-state index in [1.807, 2.05) is 18.4 Å². The molecule has 98 valence electrons. The van der Waals surface area contributed by atoms with Crippen molar-refractivity contribution in [2.45, 2.75) is 19.9 Å². The van der Waals surface area contributed by atoms with Crippen LogP contribution in [0.25, 0.3) is 9.88 Å². The molecule has 0 aromatic carbocycles. The number of thiophene rings is 1. The van der Waals surface area contributed by atoms with Gasteiger partial charge in [-0.25, -0.2) is 4.98 Å². The molecule has 0 radical (unpaired) electrons. The lowest BCUT2D eigenvalue weighted by Crippen LogP contribution is -2.06. The Morgan fingerprint density at radius 2 is 2.16 bits per heavy atom. The third-order valence-electron chi connectivity index (χ3n) is 2.58. The Kier molecular flexibility index (Phi) is 3.58. The highest BCUT2D eigenvalue weighted by molar-refractivity contribution is 7.22. The summed E-state index contributed by atoms with van der Waals surface area (Å²) < 4.78 is 0. The van der Waals surface area contributed by atoms with Crippen molar-refractivity contribution in [2.24, 2.45) is 0 Å². The molecule has 0 saturated heterocycles. The fraction of sp³-hybridized carbons (Fsp3) is 0.250. The summed E-state index contributed by atoms with van der Waals surface area (Å²) in [5.74, 6) is 0. The second-order valence-electron chi connectivity index (χ2n) is 4.05. The maximum absolute atomic E-state index is 4.48. The molecule has 0 bridgehead atoms. The lowest BCUT2D eigenvalue weighted by Gasteiger charge is -2.08. The Balaban J connectivity index is 1.74. The van der Waals surface area contributed by atoms with Gasteiger partial charge in [-0.15, -0.1) is 32.9 Å². The minimum absolute atomic E-state index is 0.147. The number of aryl methyl sites for hydroxylation is 1. The average molecular weight is 308 g/mol. The SMILES string of the molecule is Cc1nc(C(C)Nc2nnc(-c3cccs3)s2)cs1. The van der Waals surface area contributed by atoms with Crippen LogP contribution in [0.1, 0.15) is 23.7 Å². The standard InChI is InChI=1S/C12H12N4S3/c1-7(9-6-18-8(2)14-9)13-12-16-15-11(19-12)10-4-3-5-17-10/h3-7H,1-2H3,(H,13,16). The van der Waals surface area contributed by atoms with Crippen molar-refractivity contribution in [1.29, 1.82) is 0 Å². The Labute approximate surface area is 123 Å². The molecule has 19 heavy (non-hydrogen) atoms. The highest BCUT2D eigenvalue weighted by Gasteiger charge is 2.12. The van der Waals surface area contributed by atoms with Crippen molar-refractivity contribution in [3.05, 3.63) is 33.6 Å². The number of thiazole rings is 1. The van der Waals surface area contributed by atoms with Crippen molar-refractivity contribution in [3.63, 3.8) is 0 Å². The van der Waals surface area contributed by atoms with E-state index in [0.717, 1.165) is 25.7 Å². The van der Waals surface area contributed by atoms with Crippen LogP contribution in [0.3, 0.4) is 0 Å². The van der Waals surface area contributed by atoms with Gasteiger partial charge in [0.15, 0.2) is 5.01 Å². The van der Waals surface area contributed by atoms with E-state index in [1.165, 1.54) is 0 Å². The van der Waals surface area contributed by atoms with Gasteiger partial charge in [0, 0.05) is 5.38 Å². The van der Waals surface area contributed by atoms with Crippen molar-refractivity contribution in [1.82, 2.24) is 15.2 Å². The van der Waals surface area contributed by atoms with E-state index in [9.17, 15) is 0 Å². The molecule has 0 saturated carbocycles. The first-order valence-electron chi connectivity index (χ1n) is 5.78. The van der Waals surface area contributed by atoms with Crippen molar-refractivity contribution >= 4 is 39.1 Å². The molecule has 0 aliphatic rings. The lowest BCUT2D eigenvalue weighted by molar-refractivity contribution is 0.838. The molecule has 1 atom stereocenters. The summed E-state index contributed by atoms with van der Waals surface area (Å²) in [6.45, 7) is 4.10. The fourth-order valence-corrected chi connectivity index (χ4v) is 3.95. The van der Waals surface area contributed by atoms with Crippen LogP contribution in [0.4, 0.5) is 5.13 Å². The van der Waals surface area contributed by atoms with E-state index in [-0.39, 0.29) is 6.04 Å². The van der Waals surface area contributed by atoms with E-state index in [4.69, 9.17) is 0 Å². The zero-order chi connectivity index (χ0) is 13.2. The van der Waals surface area contributed by atoms with E-state index in [1.54, 1.807) is 34.0 Å². The van der Waals surface area contributed by atoms with E-state index >= 15 is 0 Å². The Hall–Kier alpha value is -1.31. The lowest BCUT2D eigenvalue weighted by atomic mass is 10.3. The summed E-state index contributed by atoms with van der Waals surface area (Å²) in [4.78, 5) is 5.63. The molecule has 3 rings (SSSR count). The predicted octanol–water partition coefficient (Wildman–Crippen LogP) is 4.20. The van der Waals surface area contributed by atoms with Gasteiger partial charge in [0.05, 0.1) is 21.6 Å². The number of nitrogens with one attached hydrogen (secondary N) is 1. The minimum atomic E-state index is 0.147. The first-order chi connectivity index (χ1) is 9.22. The van der Waals surface area contributed by atoms with Gasteiger partial charge in [-0.3, -0.25) is 0 Å². The summed E-state index contributed by atoms with van der Waals surface area (Å²) in [7, 11) is 0. The van der Waals surface area contributed by atoms with Gasteiger partial charge in [-0.1, -0.05) is 17.4 Å². The van der Waals surface area contributed by atoms with Crippen molar-refractivity contribution in [2.75, 3.05) is 5.32 Å². The van der Waals surface area contributed by atoms with E-state index < -0.39 is 0 Å². The number of nitrogens with zero attached hydrogens (tertiary/aromatic N) is 3. The molecule has 0 spiro atoms. The minimum Gasteiger partial charge on any atom is -0.352 e. The Morgan fingerprint density at radius 3 is 2.84 bits per heavy atom. The molecule has 0 aliphatic heterocycles. The van der Waals surface area contributed by atoms with Gasteiger partial charge >= 0.3 is 0 Å². The van der Waals surface area contributed by atoms with Crippen LogP contribution in [-0.4, -0.2) is 15.2 Å². The Morgan fingerprint density at radius 1 is 1.26 bits per heavy atom. The summed E-state index contributed by atoms with van der Waals surface area (Å²) in [5.41, 5.74) is 1.05. The highest BCUT2D eigenvalue weighted by Crippen LogP contribution is 2.31. The molecule has 1 N–H and O–H groups in total. The van der Waals surface area contributed by atoms with Crippen LogP contribution in [0.2, 0.25) is 0 Å². The summed E-state index contributed by atoms with van der Waals surface area (Å²) in [6, 6.07) is 4.23. The molecule has 0 aliphatic carbocycles.